The lowest BCUT2D eigenvalue weighted by atomic mass is 10.0. The molecule has 1 aromatic carbocycles. The van der Waals surface area contributed by atoms with Crippen LogP contribution in [0.2, 0.25) is 0 Å². The summed E-state index contributed by atoms with van der Waals surface area (Å²) in [6.45, 7) is 1.96. The van der Waals surface area contributed by atoms with E-state index in [0.717, 1.165) is 24.0 Å². The average Bonchev–Trinajstić information content (AvgIpc) is 2.92. The molecule has 0 bridgehead atoms. The lowest BCUT2D eigenvalue weighted by molar-refractivity contribution is 0.424. The summed E-state index contributed by atoms with van der Waals surface area (Å²) in [7, 11) is -3.32. The standard InChI is InChI=1S/C15H22N2O2S2/c1-11(13-4-2-3-5-13)17-21(18,19)10-12-6-8-14(9-7-12)15(16)20/h6-9,11,13,17H,2-5,10H2,1H3,(H2,16,20). The van der Waals surface area contributed by atoms with Crippen molar-refractivity contribution in [2.75, 3.05) is 0 Å². The zero-order valence-corrected chi connectivity index (χ0v) is 13.8. The van der Waals surface area contributed by atoms with Gasteiger partial charge in [-0.05, 0) is 31.2 Å². The first-order valence-corrected chi connectivity index (χ1v) is 9.32. The van der Waals surface area contributed by atoms with Crippen molar-refractivity contribution in [2.45, 2.75) is 44.4 Å². The van der Waals surface area contributed by atoms with E-state index in [1.54, 1.807) is 24.3 Å². The Hall–Kier alpha value is -0.980. The van der Waals surface area contributed by atoms with Crippen LogP contribution in [-0.2, 0) is 15.8 Å². The van der Waals surface area contributed by atoms with Crippen molar-refractivity contribution in [1.82, 2.24) is 4.72 Å². The van der Waals surface area contributed by atoms with Crippen molar-refractivity contribution in [3.63, 3.8) is 0 Å². The van der Waals surface area contributed by atoms with Gasteiger partial charge in [-0.2, -0.15) is 0 Å². The third kappa shape index (κ3) is 4.76. The second kappa shape index (κ2) is 6.85. The molecule has 2 rings (SSSR count). The summed E-state index contributed by atoms with van der Waals surface area (Å²) in [6.07, 6.45) is 4.65. The molecule has 1 aliphatic carbocycles. The third-order valence-electron chi connectivity index (χ3n) is 4.07. The Kier molecular flexibility index (Phi) is 5.35. The van der Waals surface area contributed by atoms with E-state index in [4.69, 9.17) is 18.0 Å². The van der Waals surface area contributed by atoms with E-state index in [1.165, 1.54) is 12.8 Å². The van der Waals surface area contributed by atoms with Gasteiger partial charge in [0.05, 0.1) is 5.75 Å². The number of hydrogen-bond donors (Lipinski definition) is 2. The van der Waals surface area contributed by atoms with Crippen LogP contribution in [0.5, 0.6) is 0 Å². The van der Waals surface area contributed by atoms with Gasteiger partial charge in [0.2, 0.25) is 10.0 Å². The van der Waals surface area contributed by atoms with Gasteiger partial charge in [-0.15, -0.1) is 0 Å². The Bertz CT molecular complexity index is 591. The molecule has 1 aromatic rings. The molecule has 0 heterocycles. The Morgan fingerprint density at radius 1 is 1.33 bits per heavy atom. The topological polar surface area (TPSA) is 72.2 Å². The van der Waals surface area contributed by atoms with Crippen LogP contribution in [0.25, 0.3) is 0 Å². The van der Waals surface area contributed by atoms with Crippen molar-refractivity contribution in [3.05, 3.63) is 35.4 Å². The van der Waals surface area contributed by atoms with Gasteiger partial charge < -0.3 is 5.73 Å². The molecule has 0 aliphatic heterocycles. The van der Waals surface area contributed by atoms with E-state index in [1.807, 2.05) is 6.92 Å². The lowest BCUT2D eigenvalue weighted by Gasteiger charge is -2.20. The van der Waals surface area contributed by atoms with E-state index in [-0.39, 0.29) is 11.8 Å². The van der Waals surface area contributed by atoms with E-state index in [9.17, 15) is 8.42 Å². The minimum absolute atomic E-state index is 0.00777. The second-order valence-electron chi connectivity index (χ2n) is 5.77. The van der Waals surface area contributed by atoms with Gasteiger partial charge in [-0.25, -0.2) is 13.1 Å². The lowest BCUT2D eigenvalue weighted by Crippen LogP contribution is -2.37. The van der Waals surface area contributed by atoms with Crippen LogP contribution in [0, 0.1) is 5.92 Å². The maximum atomic E-state index is 12.2. The molecule has 3 N–H and O–H groups in total. The molecule has 21 heavy (non-hydrogen) atoms. The van der Waals surface area contributed by atoms with Crippen molar-refractivity contribution in [3.8, 4) is 0 Å². The average molecular weight is 326 g/mol. The number of sulfonamides is 1. The normalized spacial score (nSPS) is 17.8. The predicted molar refractivity (Wildman–Crippen MR) is 89.5 cm³/mol. The number of thiocarbonyl (C=S) groups is 1. The fraction of sp³-hybridized carbons (Fsp3) is 0.533. The highest BCUT2D eigenvalue weighted by Gasteiger charge is 2.25. The summed E-state index contributed by atoms with van der Waals surface area (Å²) < 4.78 is 27.3. The molecule has 0 amide bonds. The van der Waals surface area contributed by atoms with Crippen molar-refractivity contribution < 1.29 is 8.42 Å². The maximum absolute atomic E-state index is 12.2. The first kappa shape index (κ1) is 16.4. The Balaban J connectivity index is 1.98. The molecule has 0 spiro atoms. The smallest absolute Gasteiger partial charge is 0.216 e. The van der Waals surface area contributed by atoms with Gasteiger partial charge in [0, 0.05) is 11.6 Å². The van der Waals surface area contributed by atoms with E-state index in [0.29, 0.717) is 10.9 Å². The summed E-state index contributed by atoms with van der Waals surface area (Å²) in [5.74, 6) is 0.457. The molecule has 1 saturated carbocycles. The van der Waals surface area contributed by atoms with Crippen molar-refractivity contribution in [1.29, 1.82) is 0 Å². The molecule has 4 nitrogen and oxygen atoms in total. The van der Waals surface area contributed by atoms with Crippen LogP contribution in [-0.4, -0.2) is 19.4 Å². The predicted octanol–water partition coefficient (Wildman–Crippen LogP) is 2.32. The molecule has 1 atom stereocenters. The number of nitrogens with one attached hydrogen (secondary N) is 1. The van der Waals surface area contributed by atoms with Gasteiger partial charge in [0.25, 0.3) is 0 Å². The van der Waals surface area contributed by atoms with Crippen LogP contribution >= 0.6 is 12.2 Å². The second-order valence-corrected chi connectivity index (χ2v) is 7.97. The van der Waals surface area contributed by atoms with E-state index >= 15 is 0 Å². The summed E-state index contributed by atoms with van der Waals surface area (Å²) in [4.78, 5) is 0.317. The van der Waals surface area contributed by atoms with Gasteiger partial charge in [0.15, 0.2) is 0 Å². The van der Waals surface area contributed by atoms with E-state index < -0.39 is 10.0 Å². The molecule has 1 unspecified atom stereocenters. The SMILES string of the molecule is CC(NS(=O)(=O)Cc1ccc(C(N)=S)cc1)C1CCCC1. The first-order valence-electron chi connectivity index (χ1n) is 7.26. The van der Waals surface area contributed by atoms with Crippen LogP contribution in [0.15, 0.2) is 24.3 Å². The molecular weight excluding hydrogens is 304 g/mol. The Morgan fingerprint density at radius 2 is 1.90 bits per heavy atom. The van der Waals surface area contributed by atoms with Gasteiger partial charge in [-0.1, -0.05) is 49.3 Å². The molecule has 6 heteroatoms. The fourth-order valence-electron chi connectivity index (χ4n) is 2.86. The third-order valence-corrected chi connectivity index (χ3v) is 5.75. The summed E-state index contributed by atoms with van der Waals surface area (Å²) in [6, 6.07) is 7.04. The number of nitrogens with two attached hydrogens (primary N) is 1. The monoisotopic (exact) mass is 326 g/mol. The minimum Gasteiger partial charge on any atom is -0.389 e. The largest absolute Gasteiger partial charge is 0.389 e. The van der Waals surface area contributed by atoms with Gasteiger partial charge in [-0.3, -0.25) is 0 Å². The first-order chi connectivity index (χ1) is 9.87. The summed E-state index contributed by atoms with van der Waals surface area (Å²) in [5.41, 5.74) is 7.01. The summed E-state index contributed by atoms with van der Waals surface area (Å²) >= 11 is 4.88. The van der Waals surface area contributed by atoms with Crippen molar-refractivity contribution in [2.24, 2.45) is 11.7 Å². The number of rotatable bonds is 6. The van der Waals surface area contributed by atoms with Crippen LogP contribution < -0.4 is 10.5 Å². The molecule has 0 saturated heterocycles. The highest BCUT2D eigenvalue weighted by molar-refractivity contribution is 7.88. The molecule has 0 radical (unpaired) electrons. The molecule has 116 valence electrons. The summed E-state index contributed by atoms with van der Waals surface area (Å²) in [5, 5.41) is 0. The molecule has 1 fully saturated rings. The zero-order valence-electron chi connectivity index (χ0n) is 12.2. The highest BCUT2D eigenvalue weighted by atomic mass is 32.2. The van der Waals surface area contributed by atoms with Crippen LogP contribution in [0.1, 0.15) is 43.7 Å². The maximum Gasteiger partial charge on any atom is 0.216 e. The molecule has 0 aromatic heterocycles. The number of benzene rings is 1. The molecule has 1 aliphatic rings. The van der Waals surface area contributed by atoms with E-state index in [2.05, 4.69) is 4.72 Å². The Labute approximate surface area is 132 Å². The van der Waals surface area contributed by atoms with Gasteiger partial charge >= 0.3 is 0 Å². The highest BCUT2D eigenvalue weighted by Crippen LogP contribution is 2.28. The molecular formula is C15H22N2O2S2. The van der Waals surface area contributed by atoms with Crippen molar-refractivity contribution >= 4 is 27.2 Å². The number of hydrogen-bond acceptors (Lipinski definition) is 3. The quantitative estimate of drug-likeness (QED) is 0.787. The van der Waals surface area contributed by atoms with Crippen LogP contribution in [0.4, 0.5) is 0 Å². The van der Waals surface area contributed by atoms with Crippen LogP contribution in [0.3, 0.4) is 0 Å². The minimum atomic E-state index is -3.32. The zero-order chi connectivity index (χ0) is 15.5. The fourth-order valence-corrected chi connectivity index (χ4v) is 4.47. The Morgan fingerprint density at radius 3 is 2.43 bits per heavy atom. The van der Waals surface area contributed by atoms with Gasteiger partial charge in [0.1, 0.15) is 4.99 Å².